The molecule has 2 rings (SSSR count). The van der Waals surface area contributed by atoms with Crippen LogP contribution in [0.2, 0.25) is 0 Å². The molecule has 0 radical (unpaired) electrons. The van der Waals surface area contributed by atoms with Crippen LogP contribution in [0.1, 0.15) is 16.1 Å². The minimum atomic E-state index is -0.266. The molecule has 0 fully saturated rings. The SMILES string of the molecule is O=C(CNC(=O)c1ccccc1)NCc1cnc[nH]1. The number of hydrogen-bond donors (Lipinski definition) is 3. The lowest BCUT2D eigenvalue weighted by Gasteiger charge is -2.06. The second-order valence-electron chi connectivity index (χ2n) is 3.90. The fraction of sp³-hybridized carbons (Fsp3) is 0.154. The number of carbonyl (C=O) groups excluding carboxylic acids is 2. The third kappa shape index (κ3) is 3.95. The molecule has 6 nitrogen and oxygen atoms in total. The quantitative estimate of drug-likeness (QED) is 0.728. The van der Waals surface area contributed by atoms with Crippen molar-refractivity contribution < 1.29 is 9.59 Å². The van der Waals surface area contributed by atoms with Gasteiger partial charge in [0.25, 0.3) is 5.91 Å². The highest BCUT2D eigenvalue weighted by Gasteiger charge is 2.07. The van der Waals surface area contributed by atoms with E-state index in [1.54, 1.807) is 36.8 Å². The summed E-state index contributed by atoms with van der Waals surface area (Å²) < 4.78 is 0. The average molecular weight is 258 g/mol. The molecule has 6 heteroatoms. The third-order valence-electron chi connectivity index (χ3n) is 2.48. The number of carbonyl (C=O) groups is 2. The van der Waals surface area contributed by atoms with Gasteiger partial charge in [-0.25, -0.2) is 4.98 Å². The van der Waals surface area contributed by atoms with E-state index in [1.165, 1.54) is 0 Å². The number of benzene rings is 1. The third-order valence-corrected chi connectivity index (χ3v) is 2.48. The van der Waals surface area contributed by atoms with E-state index >= 15 is 0 Å². The summed E-state index contributed by atoms with van der Waals surface area (Å²) in [5.41, 5.74) is 1.34. The van der Waals surface area contributed by atoms with E-state index in [2.05, 4.69) is 20.6 Å². The highest BCUT2D eigenvalue weighted by Crippen LogP contribution is 1.97. The normalized spacial score (nSPS) is 9.89. The van der Waals surface area contributed by atoms with Gasteiger partial charge in [0.05, 0.1) is 25.1 Å². The van der Waals surface area contributed by atoms with Gasteiger partial charge in [-0.1, -0.05) is 18.2 Å². The first-order valence-corrected chi connectivity index (χ1v) is 5.83. The van der Waals surface area contributed by atoms with E-state index in [0.717, 1.165) is 5.69 Å². The van der Waals surface area contributed by atoms with Gasteiger partial charge in [-0.3, -0.25) is 9.59 Å². The highest BCUT2D eigenvalue weighted by molar-refractivity contribution is 5.96. The summed E-state index contributed by atoms with van der Waals surface area (Å²) in [6.07, 6.45) is 3.17. The van der Waals surface area contributed by atoms with Crippen LogP contribution < -0.4 is 10.6 Å². The number of amides is 2. The predicted molar refractivity (Wildman–Crippen MR) is 69.2 cm³/mol. The molecule has 19 heavy (non-hydrogen) atoms. The lowest BCUT2D eigenvalue weighted by molar-refractivity contribution is -0.120. The number of hydrogen-bond acceptors (Lipinski definition) is 3. The van der Waals surface area contributed by atoms with Crippen molar-refractivity contribution in [1.29, 1.82) is 0 Å². The summed E-state index contributed by atoms with van der Waals surface area (Å²) in [7, 11) is 0. The standard InChI is InChI=1S/C13H14N4O2/c18-12(15-7-11-6-14-9-17-11)8-16-13(19)10-4-2-1-3-5-10/h1-6,9H,7-8H2,(H,14,17)(H,15,18)(H,16,19). The maximum Gasteiger partial charge on any atom is 0.251 e. The Morgan fingerprint density at radius 1 is 1.16 bits per heavy atom. The topological polar surface area (TPSA) is 86.9 Å². The number of H-pyrrole nitrogens is 1. The summed E-state index contributed by atoms with van der Waals surface area (Å²) in [5.74, 6) is -0.517. The van der Waals surface area contributed by atoms with Crippen molar-refractivity contribution in [3.8, 4) is 0 Å². The molecule has 0 unspecified atom stereocenters. The highest BCUT2D eigenvalue weighted by atomic mass is 16.2. The van der Waals surface area contributed by atoms with Crippen LogP contribution in [0.4, 0.5) is 0 Å². The Bertz CT molecular complexity index is 537. The van der Waals surface area contributed by atoms with Gasteiger partial charge in [0.2, 0.25) is 5.91 Å². The first-order valence-electron chi connectivity index (χ1n) is 5.83. The maximum atomic E-state index is 11.7. The molecule has 0 aliphatic heterocycles. The summed E-state index contributed by atoms with van der Waals surface area (Å²) >= 11 is 0. The molecule has 0 aliphatic carbocycles. The minimum Gasteiger partial charge on any atom is -0.349 e. The first kappa shape index (κ1) is 12.8. The van der Waals surface area contributed by atoms with Gasteiger partial charge in [-0.2, -0.15) is 0 Å². The predicted octanol–water partition coefficient (Wildman–Crippen LogP) is 0.456. The van der Waals surface area contributed by atoms with Gasteiger partial charge < -0.3 is 15.6 Å². The van der Waals surface area contributed by atoms with Crippen LogP contribution in [-0.4, -0.2) is 28.3 Å². The number of nitrogens with zero attached hydrogens (tertiary/aromatic N) is 1. The maximum absolute atomic E-state index is 11.7. The largest absolute Gasteiger partial charge is 0.349 e. The number of rotatable bonds is 5. The van der Waals surface area contributed by atoms with Crippen LogP contribution in [0.5, 0.6) is 0 Å². The van der Waals surface area contributed by atoms with Crippen molar-refractivity contribution in [2.75, 3.05) is 6.54 Å². The molecule has 98 valence electrons. The van der Waals surface area contributed by atoms with Crippen LogP contribution in [0.15, 0.2) is 42.9 Å². The zero-order chi connectivity index (χ0) is 13.5. The van der Waals surface area contributed by atoms with Crippen LogP contribution >= 0.6 is 0 Å². The molecular formula is C13H14N4O2. The Morgan fingerprint density at radius 3 is 2.63 bits per heavy atom. The van der Waals surface area contributed by atoms with Crippen molar-refractivity contribution in [2.24, 2.45) is 0 Å². The lowest BCUT2D eigenvalue weighted by Crippen LogP contribution is -2.36. The number of aromatic amines is 1. The van der Waals surface area contributed by atoms with E-state index < -0.39 is 0 Å². The second kappa shape index (κ2) is 6.34. The Morgan fingerprint density at radius 2 is 1.95 bits per heavy atom. The second-order valence-corrected chi connectivity index (χ2v) is 3.90. The monoisotopic (exact) mass is 258 g/mol. The first-order chi connectivity index (χ1) is 9.25. The fourth-order valence-electron chi connectivity index (χ4n) is 1.49. The van der Waals surface area contributed by atoms with Crippen molar-refractivity contribution in [3.05, 3.63) is 54.1 Å². The molecule has 2 amide bonds. The molecule has 1 heterocycles. The lowest BCUT2D eigenvalue weighted by atomic mass is 10.2. The molecule has 0 bridgehead atoms. The van der Waals surface area contributed by atoms with Crippen LogP contribution in [0.25, 0.3) is 0 Å². The van der Waals surface area contributed by atoms with Gasteiger partial charge in [-0.15, -0.1) is 0 Å². The summed E-state index contributed by atoms with van der Waals surface area (Å²) in [6, 6.07) is 8.75. The van der Waals surface area contributed by atoms with Gasteiger partial charge in [0, 0.05) is 11.8 Å². The number of aromatic nitrogens is 2. The van der Waals surface area contributed by atoms with Crippen LogP contribution in [0, 0.1) is 0 Å². The zero-order valence-corrected chi connectivity index (χ0v) is 10.2. The number of nitrogens with one attached hydrogen (secondary N) is 3. The van der Waals surface area contributed by atoms with Gasteiger partial charge in [0.1, 0.15) is 0 Å². The van der Waals surface area contributed by atoms with Crippen molar-refractivity contribution in [2.45, 2.75) is 6.54 Å². The smallest absolute Gasteiger partial charge is 0.251 e. The Hall–Kier alpha value is -2.63. The Kier molecular flexibility index (Phi) is 4.28. The molecule has 1 aromatic carbocycles. The van der Waals surface area contributed by atoms with E-state index in [9.17, 15) is 9.59 Å². The molecule has 3 N–H and O–H groups in total. The molecule has 0 atom stereocenters. The average Bonchev–Trinajstić information content (AvgIpc) is 2.96. The Labute approximate surface area is 110 Å². The van der Waals surface area contributed by atoms with Crippen molar-refractivity contribution in [3.63, 3.8) is 0 Å². The van der Waals surface area contributed by atoms with E-state index in [4.69, 9.17) is 0 Å². The fourth-order valence-corrected chi connectivity index (χ4v) is 1.49. The summed E-state index contributed by atoms with van der Waals surface area (Å²) in [5, 5.41) is 5.22. The molecule has 0 saturated carbocycles. The summed E-state index contributed by atoms with van der Waals surface area (Å²) in [6.45, 7) is 0.307. The van der Waals surface area contributed by atoms with Gasteiger partial charge >= 0.3 is 0 Å². The van der Waals surface area contributed by atoms with Crippen LogP contribution in [-0.2, 0) is 11.3 Å². The minimum absolute atomic E-state index is 0.0537. The zero-order valence-electron chi connectivity index (χ0n) is 10.2. The molecule has 0 spiro atoms. The van der Waals surface area contributed by atoms with Crippen molar-refractivity contribution in [1.82, 2.24) is 20.6 Å². The molecule has 1 aromatic heterocycles. The molecule has 2 aromatic rings. The van der Waals surface area contributed by atoms with Gasteiger partial charge in [0.15, 0.2) is 0 Å². The van der Waals surface area contributed by atoms with Gasteiger partial charge in [-0.05, 0) is 12.1 Å². The molecule has 0 saturated heterocycles. The Balaban J connectivity index is 1.73. The number of imidazole rings is 1. The van der Waals surface area contributed by atoms with Crippen molar-refractivity contribution >= 4 is 11.8 Å². The molecule has 0 aliphatic rings. The summed E-state index contributed by atoms with van der Waals surface area (Å²) in [4.78, 5) is 29.9. The van der Waals surface area contributed by atoms with E-state index in [1.807, 2.05) is 6.07 Å². The van der Waals surface area contributed by atoms with E-state index in [-0.39, 0.29) is 18.4 Å². The van der Waals surface area contributed by atoms with E-state index in [0.29, 0.717) is 12.1 Å². The van der Waals surface area contributed by atoms with Crippen LogP contribution in [0.3, 0.4) is 0 Å². The molecular weight excluding hydrogens is 244 g/mol.